The minimum Gasteiger partial charge on any atom is -0.468 e. The van der Waals surface area contributed by atoms with Gasteiger partial charge in [0.25, 0.3) is 0 Å². The Kier molecular flexibility index (Phi) is 3.99. The van der Waals surface area contributed by atoms with Gasteiger partial charge in [0, 0.05) is 26.1 Å². The molecule has 0 aromatic carbocycles. The first-order valence-corrected chi connectivity index (χ1v) is 6.32. The molecule has 17 heavy (non-hydrogen) atoms. The van der Waals surface area contributed by atoms with Crippen molar-refractivity contribution in [3.8, 4) is 0 Å². The summed E-state index contributed by atoms with van der Waals surface area (Å²) < 4.78 is 4.80. The number of rotatable bonds is 4. The number of likely N-dealkylation sites (tertiary alicyclic amines) is 2. The quantitative estimate of drug-likeness (QED) is 0.661. The van der Waals surface area contributed by atoms with Crippen molar-refractivity contribution in [1.29, 1.82) is 0 Å². The summed E-state index contributed by atoms with van der Waals surface area (Å²) in [5, 5.41) is 0. The summed E-state index contributed by atoms with van der Waals surface area (Å²) in [6, 6.07) is -0.0993. The maximum absolute atomic E-state index is 11.5. The molecular weight excluding hydrogens is 220 g/mol. The molecule has 2 aliphatic heterocycles. The molecule has 5 nitrogen and oxygen atoms in total. The summed E-state index contributed by atoms with van der Waals surface area (Å²) >= 11 is 0. The number of carbonyl (C=O) groups is 2. The van der Waals surface area contributed by atoms with E-state index in [1.54, 1.807) is 0 Å². The SMILES string of the molecule is COC(=O)[C@@H]1CCCN1CCN1CCCC1=O. The zero-order valence-electron chi connectivity index (χ0n) is 10.4. The molecular formula is C12H20N2O3. The summed E-state index contributed by atoms with van der Waals surface area (Å²) in [6.45, 7) is 3.33. The Labute approximate surface area is 102 Å². The van der Waals surface area contributed by atoms with Gasteiger partial charge in [0.05, 0.1) is 7.11 Å². The van der Waals surface area contributed by atoms with Crippen LogP contribution in [0.3, 0.4) is 0 Å². The zero-order chi connectivity index (χ0) is 12.3. The molecule has 1 atom stereocenters. The molecule has 0 radical (unpaired) electrons. The van der Waals surface area contributed by atoms with Gasteiger partial charge < -0.3 is 9.64 Å². The van der Waals surface area contributed by atoms with Crippen LogP contribution >= 0.6 is 0 Å². The monoisotopic (exact) mass is 240 g/mol. The number of esters is 1. The Hall–Kier alpha value is -1.10. The maximum atomic E-state index is 11.5. The van der Waals surface area contributed by atoms with Crippen LogP contribution in [0.1, 0.15) is 25.7 Å². The van der Waals surface area contributed by atoms with E-state index in [1.807, 2.05) is 4.90 Å². The molecule has 2 aliphatic rings. The second-order valence-electron chi connectivity index (χ2n) is 4.70. The van der Waals surface area contributed by atoms with Crippen LogP contribution in [0.5, 0.6) is 0 Å². The number of carbonyl (C=O) groups excluding carboxylic acids is 2. The molecule has 0 aromatic heterocycles. The van der Waals surface area contributed by atoms with E-state index in [-0.39, 0.29) is 17.9 Å². The van der Waals surface area contributed by atoms with Gasteiger partial charge in [-0.25, -0.2) is 0 Å². The van der Waals surface area contributed by atoms with Crippen molar-refractivity contribution in [2.75, 3.05) is 33.3 Å². The number of hydrogen-bond donors (Lipinski definition) is 0. The lowest BCUT2D eigenvalue weighted by Crippen LogP contribution is -2.42. The predicted molar refractivity (Wildman–Crippen MR) is 62.4 cm³/mol. The van der Waals surface area contributed by atoms with E-state index in [4.69, 9.17) is 4.74 Å². The Bertz CT molecular complexity index is 306. The lowest BCUT2D eigenvalue weighted by Gasteiger charge is -2.25. The predicted octanol–water partition coefficient (Wildman–Crippen LogP) is 0.246. The van der Waals surface area contributed by atoms with Crippen LogP contribution in [0.15, 0.2) is 0 Å². The van der Waals surface area contributed by atoms with Gasteiger partial charge in [-0.05, 0) is 25.8 Å². The second kappa shape index (κ2) is 5.49. The largest absolute Gasteiger partial charge is 0.468 e. The van der Waals surface area contributed by atoms with Gasteiger partial charge in [-0.3, -0.25) is 14.5 Å². The summed E-state index contributed by atoms with van der Waals surface area (Å²) in [5.74, 6) is 0.106. The molecule has 0 spiro atoms. The molecule has 2 fully saturated rings. The van der Waals surface area contributed by atoms with Gasteiger partial charge in [-0.1, -0.05) is 0 Å². The van der Waals surface area contributed by atoms with E-state index in [0.29, 0.717) is 6.42 Å². The fourth-order valence-electron chi connectivity index (χ4n) is 2.69. The van der Waals surface area contributed by atoms with Crippen LogP contribution in [-0.2, 0) is 14.3 Å². The minimum atomic E-state index is -0.143. The zero-order valence-corrected chi connectivity index (χ0v) is 10.4. The first-order chi connectivity index (χ1) is 8.22. The third-order valence-corrected chi connectivity index (χ3v) is 3.67. The van der Waals surface area contributed by atoms with Crippen molar-refractivity contribution >= 4 is 11.9 Å². The standard InChI is InChI=1S/C12H20N2O3/c1-17-12(16)10-4-2-6-13(10)8-9-14-7-3-5-11(14)15/h10H,2-9H2,1H3/t10-/m0/s1. The Morgan fingerprint density at radius 1 is 1.35 bits per heavy atom. The highest BCUT2D eigenvalue weighted by molar-refractivity contribution is 5.78. The topological polar surface area (TPSA) is 49.9 Å². The number of hydrogen-bond acceptors (Lipinski definition) is 4. The van der Waals surface area contributed by atoms with Gasteiger partial charge in [0.15, 0.2) is 0 Å². The average molecular weight is 240 g/mol. The molecule has 0 unspecified atom stereocenters. The molecule has 96 valence electrons. The third-order valence-electron chi connectivity index (χ3n) is 3.67. The van der Waals surface area contributed by atoms with Gasteiger partial charge in [-0.2, -0.15) is 0 Å². The molecule has 0 aliphatic carbocycles. The van der Waals surface area contributed by atoms with E-state index >= 15 is 0 Å². The van der Waals surface area contributed by atoms with Crippen molar-refractivity contribution in [1.82, 2.24) is 9.80 Å². The van der Waals surface area contributed by atoms with Gasteiger partial charge in [0.2, 0.25) is 5.91 Å². The lowest BCUT2D eigenvalue weighted by atomic mass is 10.2. The van der Waals surface area contributed by atoms with Crippen LogP contribution in [0.2, 0.25) is 0 Å². The van der Waals surface area contributed by atoms with Crippen LogP contribution in [0, 0.1) is 0 Å². The number of amides is 1. The Balaban J connectivity index is 1.81. The summed E-state index contributed by atoms with van der Waals surface area (Å²) in [6.07, 6.45) is 3.56. The molecule has 0 N–H and O–H groups in total. The first kappa shape index (κ1) is 12.4. The number of methoxy groups -OCH3 is 1. The van der Waals surface area contributed by atoms with Gasteiger partial charge in [-0.15, -0.1) is 0 Å². The molecule has 2 heterocycles. The summed E-state index contributed by atoms with van der Waals surface area (Å²) in [4.78, 5) is 27.0. The van der Waals surface area contributed by atoms with Crippen LogP contribution in [0.25, 0.3) is 0 Å². The van der Waals surface area contributed by atoms with Gasteiger partial charge in [0.1, 0.15) is 6.04 Å². The average Bonchev–Trinajstić information content (AvgIpc) is 2.94. The van der Waals surface area contributed by atoms with E-state index < -0.39 is 0 Å². The highest BCUT2D eigenvalue weighted by atomic mass is 16.5. The molecule has 1 amide bonds. The second-order valence-corrected chi connectivity index (χ2v) is 4.70. The fourth-order valence-corrected chi connectivity index (χ4v) is 2.69. The van der Waals surface area contributed by atoms with Crippen molar-refractivity contribution < 1.29 is 14.3 Å². The molecule has 2 saturated heterocycles. The Morgan fingerprint density at radius 2 is 2.18 bits per heavy atom. The highest BCUT2D eigenvalue weighted by Gasteiger charge is 2.32. The molecule has 0 bridgehead atoms. The van der Waals surface area contributed by atoms with Gasteiger partial charge >= 0.3 is 5.97 Å². The van der Waals surface area contributed by atoms with Crippen molar-refractivity contribution in [2.24, 2.45) is 0 Å². The smallest absolute Gasteiger partial charge is 0.323 e. The van der Waals surface area contributed by atoms with Crippen molar-refractivity contribution in [3.05, 3.63) is 0 Å². The molecule has 2 rings (SSSR count). The summed E-state index contributed by atoms with van der Waals surface area (Å²) in [5.41, 5.74) is 0. The minimum absolute atomic E-state index is 0.0993. The van der Waals surface area contributed by atoms with Crippen molar-refractivity contribution in [2.45, 2.75) is 31.7 Å². The normalized spacial score (nSPS) is 25.6. The fraction of sp³-hybridized carbons (Fsp3) is 0.833. The highest BCUT2D eigenvalue weighted by Crippen LogP contribution is 2.18. The van der Waals surface area contributed by atoms with E-state index in [2.05, 4.69) is 4.90 Å². The van der Waals surface area contributed by atoms with Crippen molar-refractivity contribution in [3.63, 3.8) is 0 Å². The third kappa shape index (κ3) is 2.77. The Morgan fingerprint density at radius 3 is 2.82 bits per heavy atom. The van der Waals surface area contributed by atoms with Crippen LogP contribution in [-0.4, -0.2) is 61.0 Å². The van der Waals surface area contributed by atoms with E-state index in [1.165, 1.54) is 7.11 Å². The first-order valence-electron chi connectivity index (χ1n) is 6.32. The van der Waals surface area contributed by atoms with E-state index in [9.17, 15) is 9.59 Å². The molecule has 5 heteroatoms. The van der Waals surface area contributed by atoms with Crippen LogP contribution < -0.4 is 0 Å². The number of nitrogens with zero attached hydrogens (tertiary/aromatic N) is 2. The number of ether oxygens (including phenoxy) is 1. The maximum Gasteiger partial charge on any atom is 0.323 e. The lowest BCUT2D eigenvalue weighted by molar-refractivity contribution is -0.145. The van der Waals surface area contributed by atoms with E-state index in [0.717, 1.165) is 45.4 Å². The molecule has 0 aromatic rings. The van der Waals surface area contributed by atoms with Crippen LogP contribution in [0.4, 0.5) is 0 Å². The summed E-state index contributed by atoms with van der Waals surface area (Å²) in [7, 11) is 1.43. The molecule has 0 saturated carbocycles.